The quantitative estimate of drug-likeness (QED) is 0.781. The molecule has 1 saturated carbocycles. The molecule has 21 heavy (non-hydrogen) atoms. The number of ether oxygens (including phenoxy) is 1. The molecule has 0 saturated heterocycles. The van der Waals surface area contributed by atoms with Crippen molar-refractivity contribution in [1.29, 1.82) is 0 Å². The molecule has 2 unspecified atom stereocenters. The SMILES string of the molecule is CCN(C(C)COC)C(CN)C1CCC(C(C)(C)C)CC1. The Hall–Kier alpha value is -0.120. The van der Waals surface area contributed by atoms with E-state index in [1.807, 2.05) is 0 Å². The molecular formula is C18H38N2O. The Labute approximate surface area is 132 Å². The summed E-state index contributed by atoms with van der Waals surface area (Å²) in [5.41, 5.74) is 6.61. The van der Waals surface area contributed by atoms with Gasteiger partial charge in [0.2, 0.25) is 0 Å². The second-order valence-electron chi connectivity index (χ2n) is 7.92. The van der Waals surface area contributed by atoms with Gasteiger partial charge >= 0.3 is 0 Å². The summed E-state index contributed by atoms with van der Waals surface area (Å²) >= 11 is 0. The van der Waals surface area contributed by atoms with Crippen molar-refractivity contribution in [1.82, 2.24) is 4.90 Å². The maximum absolute atomic E-state index is 6.15. The summed E-state index contributed by atoms with van der Waals surface area (Å²) in [5.74, 6) is 1.63. The first kappa shape index (κ1) is 18.9. The van der Waals surface area contributed by atoms with E-state index in [1.165, 1.54) is 25.7 Å². The molecule has 3 nitrogen and oxygen atoms in total. The van der Waals surface area contributed by atoms with Gasteiger partial charge in [-0.1, -0.05) is 27.7 Å². The number of nitrogens with two attached hydrogens (primary N) is 1. The molecule has 0 radical (unpaired) electrons. The molecule has 126 valence electrons. The van der Waals surface area contributed by atoms with Crippen molar-refractivity contribution >= 4 is 0 Å². The number of hydrogen-bond donors (Lipinski definition) is 1. The molecule has 0 amide bonds. The van der Waals surface area contributed by atoms with Crippen LogP contribution in [0.1, 0.15) is 60.3 Å². The van der Waals surface area contributed by atoms with Crippen LogP contribution in [0.15, 0.2) is 0 Å². The molecule has 2 atom stereocenters. The lowest BCUT2D eigenvalue weighted by molar-refractivity contribution is 0.0329. The molecule has 1 rings (SSSR count). The summed E-state index contributed by atoms with van der Waals surface area (Å²) in [6, 6.07) is 0.968. The summed E-state index contributed by atoms with van der Waals surface area (Å²) in [6.45, 7) is 14.3. The second-order valence-corrected chi connectivity index (χ2v) is 7.92. The lowest BCUT2D eigenvalue weighted by Crippen LogP contribution is -2.51. The third kappa shape index (κ3) is 5.22. The predicted molar refractivity (Wildman–Crippen MR) is 91.5 cm³/mol. The van der Waals surface area contributed by atoms with Gasteiger partial charge in [0.25, 0.3) is 0 Å². The van der Waals surface area contributed by atoms with E-state index in [0.717, 1.165) is 31.5 Å². The first-order valence-corrected chi connectivity index (χ1v) is 8.79. The molecule has 0 heterocycles. The van der Waals surface area contributed by atoms with Gasteiger partial charge in [0.05, 0.1) is 6.61 Å². The first-order chi connectivity index (χ1) is 9.85. The van der Waals surface area contributed by atoms with Crippen LogP contribution >= 0.6 is 0 Å². The van der Waals surface area contributed by atoms with E-state index in [2.05, 4.69) is 39.5 Å². The van der Waals surface area contributed by atoms with E-state index in [-0.39, 0.29) is 0 Å². The molecule has 0 bridgehead atoms. The number of hydrogen-bond acceptors (Lipinski definition) is 3. The minimum atomic E-state index is 0.453. The fraction of sp³-hybridized carbons (Fsp3) is 1.00. The van der Waals surface area contributed by atoms with Gasteiger partial charge in [-0.25, -0.2) is 0 Å². The van der Waals surface area contributed by atoms with Gasteiger partial charge in [-0.2, -0.15) is 0 Å². The fourth-order valence-corrected chi connectivity index (χ4v) is 4.18. The van der Waals surface area contributed by atoms with Crippen molar-refractivity contribution in [2.75, 3.05) is 26.8 Å². The van der Waals surface area contributed by atoms with E-state index >= 15 is 0 Å². The molecule has 1 aliphatic carbocycles. The van der Waals surface area contributed by atoms with Crippen molar-refractivity contribution in [2.24, 2.45) is 23.0 Å². The molecule has 1 fully saturated rings. The van der Waals surface area contributed by atoms with Gasteiger partial charge in [-0.15, -0.1) is 0 Å². The maximum atomic E-state index is 6.15. The highest BCUT2D eigenvalue weighted by molar-refractivity contribution is 4.88. The Balaban J connectivity index is 2.64. The molecule has 0 aliphatic heterocycles. The van der Waals surface area contributed by atoms with Gasteiger partial charge in [0, 0.05) is 25.7 Å². The zero-order valence-electron chi connectivity index (χ0n) is 15.2. The van der Waals surface area contributed by atoms with Crippen LogP contribution < -0.4 is 5.73 Å². The summed E-state index contributed by atoms with van der Waals surface area (Å²) in [7, 11) is 1.79. The molecule has 0 aromatic rings. The Kier molecular flexibility index (Phi) is 7.66. The average molecular weight is 299 g/mol. The third-order valence-electron chi connectivity index (χ3n) is 5.55. The van der Waals surface area contributed by atoms with Gasteiger partial charge in [0.15, 0.2) is 0 Å². The standard InChI is InChI=1S/C18H38N2O/c1-7-20(14(2)13-21-6)17(12-19)15-8-10-16(11-9-15)18(3,4)5/h14-17H,7-13,19H2,1-6H3. The zero-order valence-corrected chi connectivity index (χ0v) is 15.2. The van der Waals surface area contributed by atoms with Crippen molar-refractivity contribution in [2.45, 2.75) is 72.4 Å². The second kappa shape index (κ2) is 8.50. The average Bonchev–Trinajstić information content (AvgIpc) is 2.44. The largest absolute Gasteiger partial charge is 0.383 e. The Morgan fingerprint density at radius 3 is 2.14 bits per heavy atom. The molecule has 0 aromatic heterocycles. The van der Waals surface area contributed by atoms with Gasteiger partial charge in [-0.05, 0) is 56.4 Å². The van der Waals surface area contributed by atoms with Crippen LogP contribution in [0.2, 0.25) is 0 Å². The Morgan fingerprint density at radius 2 is 1.76 bits per heavy atom. The summed E-state index contributed by atoms with van der Waals surface area (Å²) in [4.78, 5) is 2.56. The van der Waals surface area contributed by atoms with Gasteiger partial charge < -0.3 is 10.5 Å². The van der Waals surface area contributed by atoms with Crippen LogP contribution in [0.5, 0.6) is 0 Å². The topological polar surface area (TPSA) is 38.5 Å². The highest BCUT2D eigenvalue weighted by Crippen LogP contribution is 2.41. The fourth-order valence-electron chi connectivity index (χ4n) is 4.18. The first-order valence-electron chi connectivity index (χ1n) is 8.79. The number of methoxy groups -OCH3 is 1. The molecule has 1 aliphatic rings. The smallest absolute Gasteiger partial charge is 0.0615 e. The van der Waals surface area contributed by atoms with E-state index < -0.39 is 0 Å². The highest BCUT2D eigenvalue weighted by atomic mass is 16.5. The van der Waals surface area contributed by atoms with E-state index in [4.69, 9.17) is 10.5 Å². The molecule has 0 aromatic carbocycles. The Morgan fingerprint density at radius 1 is 1.19 bits per heavy atom. The Bertz CT molecular complexity index is 279. The molecule has 0 spiro atoms. The minimum Gasteiger partial charge on any atom is -0.383 e. The van der Waals surface area contributed by atoms with Crippen LogP contribution in [-0.4, -0.2) is 43.8 Å². The van der Waals surface area contributed by atoms with Crippen molar-refractivity contribution in [3.63, 3.8) is 0 Å². The van der Waals surface area contributed by atoms with E-state index in [0.29, 0.717) is 17.5 Å². The minimum absolute atomic E-state index is 0.453. The van der Waals surface area contributed by atoms with E-state index in [9.17, 15) is 0 Å². The molecule has 3 heteroatoms. The number of likely N-dealkylation sites (N-methyl/N-ethyl adjacent to an activating group) is 1. The predicted octanol–water partition coefficient (Wildman–Crippen LogP) is 3.52. The van der Waals surface area contributed by atoms with Crippen LogP contribution in [-0.2, 0) is 4.74 Å². The van der Waals surface area contributed by atoms with Crippen LogP contribution in [0.4, 0.5) is 0 Å². The van der Waals surface area contributed by atoms with Crippen LogP contribution in [0.3, 0.4) is 0 Å². The number of nitrogens with zero attached hydrogens (tertiary/aromatic N) is 1. The van der Waals surface area contributed by atoms with Gasteiger partial charge in [-0.3, -0.25) is 4.90 Å². The lowest BCUT2D eigenvalue weighted by atomic mass is 9.68. The molecular weight excluding hydrogens is 260 g/mol. The van der Waals surface area contributed by atoms with Crippen LogP contribution in [0, 0.1) is 17.3 Å². The van der Waals surface area contributed by atoms with Crippen molar-refractivity contribution in [3.8, 4) is 0 Å². The van der Waals surface area contributed by atoms with Crippen LogP contribution in [0.25, 0.3) is 0 Å². The summed E-state index contributed by atoms with van der Waals surface area (Å²) < 4.78 is 5.35. The van der Waals surface area contributed by atoms with Gasteiger partial charge in [0.1, 0.15) is 0 Å². The molecule has 2 N–H and O–H groups in total. The van der Waals surface area contributed by atoms with E-state index in [1.54, 1.807) is 7.11 Å². The monoisotopic (exact) mass is 298 g/mol. The zero-order chi connectivity index (χ0) is 16.0. The van der Waals surface area contributed by atoms with Crippen molar-refractivity contribution in [3.05, 3.63) is 0 Å². The van der Waals surface area contributed by atoms with Crippen molar-refractivity contribution < 1.29 is 4.74 Å². The lowest BCUT2D eigenvalue weighted by Gasteiger charge is -2.44. The maximum Gasteiger partial charge on any atom is 0.0615 e. The third-order valence-corrected chi connectivity index (χ3v) is 5.55. The normalized spacial score (nSPS) is 26.9. The number of rotatable bonds is 7. The highest BCUT2D eigenvalue weighted by Gasteiger charge is 2.35. The summed E-state index contributed by atoms with van der Waals surface area (Å²) in [5, 5.41) is 0. The summed E-state index contributed by atoms with van der Waals surface area (Å²) in [6.07, 6.45) is 5.39.